The van der Waals surface area contributed by atoms with Crippen LogP contribution in [0.25, 0.3) is 5.70 Å². The molecule has 0 saturated heterocycles. The molecule has 0 aliphatic carbocycles. The third-order valence-corrected chi connectivity index (χ3v) is 3.69. The van der Waals surface area contributed by atoms with Gasteiger partial charge in [-0.1, -0.05) is 27.9 Å². The molecule has 1 radical (unpaired) electrons. The summed E-state index contributed by atoms with van der Waals surface area (Å²) in [5.41, 5.74) is -0.209. The van der Waals surface area contributed by atoms with Gasteiger partial charge < -0.3 is 14.4 Å². The number of amides is 1. The van der Waals surface area contributed by atoms with Gasteiger partial charge in [-0.05, 0) is 12.1 Å². The number of allylic oxidation sites excluding steroid dienone is 1. The summed E-state index contributed by atoms with van der Waals surface area (Å²) in [6.07, 6.45) is 3.09. The molecular formula is C14H13BrF2NO3Y-. The second-order valence-corrected chi connectivity index (χ2v) is 5.51. The average molecular weight is 450 g/mol. The normalized spacial score (nSPS) is 17.9. The Bertz CT molecular complexity index is 574. The molecule has 1 aliphatic heterocycles. The Balaban J connectivity index is 0.00000242. The molecule has 22 heavy (non-hydrogen) atoms. The molecule has 2 rings (SSSR count). The summed E-state index contributed by atoms with van der Waals surface area (Å²) in [5, 5.41) is 0. The minimum atomic E-state index is -0.823. The fourth-order valence-corrected chi connectivity index (χ4v) is 2.42. The Kier molecular flexibility index (Phi) is 7.58. The maximum atomic E-state index is 14.1. The number of benzene rings is 1. The first-order chi connectivity index (χ1) is 9.95. The quantitative estimate of drug-likeness (QED) is 0.403. The van der Waals surface area contributed by atoms with E-state index in [0.717, 1.165) is 12.1 Å². The van der Waals surface area contributed by atoms with Gasteiger partial charge in [-0.2, -0.15) is 0 Å². The summed E-state index contributed by atoms with van der Waals surface area (Å²) in [6.45, 7) is -0.114. The van der Waals surface area contributed by atoms with Crippen molar-refractivity contribution < 1.29 is 55.8 Å². The van der Waals surface area contributed by atoms with Crippen LogP contribution in [0.2, 0.25) is 0 Å². The van der Waals surface area contributed by atoms with Crippen molar-refractivity contribution in [1.82, 2.24) is 4.90 Å². The van der Waals surface area contributed by atoms with Crippen LogP contribution in [0.3, 0.4) is 0 Å². The van der Waals surface area contributed by atoms with Crippen LogP contribution in [0.1, 0.15) is 12.0 Å². The second-order valence-electron chi connectivity index (χ2n) is 4.41. The molecule has 1 amide bonds. The number of alkyl halides is 1. The SMILES string of the molecule is COCOc1cc(F)c(C2=[C-]CC(Br)C(=O)N2C)c(F)c1.[Y]. The number of hydrogen-bond donors (Lipinski definition) is 0. The van der Waals surface area contributed by atoms with Gasteiger partial charge in [-0.25, -0.2) is 14.9 Å². The molecule has 0 fully saturated rings. The number of halogens is 3. The number of carbonyl (C=O) groups excluding carboxylic acids is 1. The van der Waals surface area contributed by atoms with E-state index in [9.17, 15) is 13.6 Å². The smallest absolute Gasteiger partial charge is 0.236 e. The van der Waals surface area contributed by atoms with Crippen molar-refractivity contribution in [2.75, 3.05) is 21.0 Å². The molecule has 0 N–H and O–H groups in total. The molecule has 0 bridgehead atoms. The topological polar surface area (TPSA) is 38.8 Å². The molecule has 0 saturated carbocycles. The maximum Gasteiger partial charge on any atom is 0.236 e. The molecule has 0 spiro atoms. The zero-order valence-electron chi connectivity index (χ0n) is 12.0. The van der Waals surface area contributed by atoms with Crippen molar-refractivity contribution in [3.63, 3.8) is 0 Å². The Labute approximate surface area is 160 Å². The summed E-state index contributed by atoms with van der Waals surface area (Å²) in [5.74, 6) is -1.91. The van der Waals surface area contributed by atoms with Crippen LogP contribution in [0, 0.1) is 17.7 Å². The van der Waals surface area contributed by atoms with Gasteiger partial charge in [0.15, 0.2) is 6.79 Å². The monoisotopic (exact) mass is 449 g/mol. The van der Waals surface area contributed by atoms with E-state index in [0.29, 0.717) is 0 Å². The van der Waals surface area contributed by atoms with E-state index in [4.69, 9.17) is 4.74 Å². The minimum Gasteiger partial charge on any atom is -0.467 e. The number of rotatable bonds is 4. The molecule has 1 aromatic rings. The summed E-state index contributed by atoms with van der Waals surface area (Å²) >= 11 is 3.18. The molecule has 1 aliphatic rings. The van der Waals surface area contributed by atoms with Gasteiger partial charge in [0, 0.05) is 46.9 Å². The van der Waals surface area contributed by atoms with Gasteiger partial charge in [0.25, 0.3) is 0 Å². The largest absolute Gasteiger partial charge is 0.467 e. The summed E-state index contributed by atoms with van der Waals surface area (Å²) in [4.78, 5) is 12.6. The van der Waals surface area contributed by atoms with E-state index >= 15 is 0 Å². The van der Waals surface area contributed by atoms with Crippen LogP contribution in [0.5, 0.6) is 5.75 Å². The second kappa shape index (κ2) is 8.48. The fourth-order valence-electron chi connectivity index (χ4n) is 1.95. The van der Waals surface area contributed by atoms with E-state index in [1.807, 2.05) is 0 Å². The predicted octanol–water partition coefficient (Wildman–Crippen LogP) is 2.71. The van der Waals surface area contributed by atoms with Gasteiger partial charge >= 0.3 is 0 Å². The van der Waals surface area contributed by atoms with Crippen molar-refractivity contribution >= 4 is 27.5 Å². The summed E-state index contributed by atoms with van der Waals surface area (Å²) in [7, 11) is 2.85. The Morgan fingerprint density at radius 3 is 2.55 bits per heavy atom. The molecule has 1 atom stereocenters. The van der Waals surface area contributed by atoms with E-state index < -0.39 is 16.5 Å². The number of nitrogens with zero attached hydrogens (tertiary/aromatic N) is 1. The number of ether oxygens (including phenoxy) is 2. The van der Waals surface area contributed by atoms with Crippen molar-refractivity contribution in [3.8, 4) is 5.75 Å². The Hall–Kier alpha value is -0.366. The van der Waals surface area contributed by atoms with Crippen molar-refractivity contribution in [1.29, 1.82) is 0 Å². The van der Waals surface area contributed by atoms with Crippen LogP contribution in [-0.4, -0.2) is 36.6 Å². The first-order valence-corrected chi connectivity index (χ1v) is 7.01. The number of hydrogen-bond acceptors (Lipinski definition) is 3. The maximum absolute atomic E-state index is 14.1. The molecule has 1 aromatic carbocycles. The van der Waals surface area contributed by atoms with Gasteiger partial charge in [0.1, 0.15) is 5.75 Å². The van der Waals surface area contributed by atoms with Gasteiger partial charge in [0.2, 0.25) is 5.91 Å². The van der Waals surface area contributed by atoms with Crippen molar-refractivity contribution in [2.24, 2.45) is 0 Å². The number of methoxy groups -OCH3 is 1. The first kappa shape index (κ1) is 19.7. The van der Waals surface area contributed by atoms with Crippen molar-refractivity contribution in [2.45, 2.75) is 11.2 Å². The van der Waals surface area contributed by atoms with E-state index in [1.54, 1.807) is 0 Å². The summed E-state index contributed by atoms with van der Waals surface area (Å²) < 4.78 is 38.0. The number of carbonyl (C=O) groups is 1. The molecule has 1 unspecified atom stereocenters. The van der Waals surface area contributed by atoms with Crippen molar-refractivity contribution in [3.05, 3.63) is 35.4 Å². The third kappa shape index (κ3) is 4.13. The van der Waals surface area contributed by atoms with Gasteiger partial charge in [-0.3, -0.25) is 4.79 Å². The van der Waals surface area contributed by atoms with Crippen LogP contribution in [0.15, 0.2) is 12.1 Å². The molecule has 8 heteroatoms. The Morgan fingerprint density at radius 2 is 2.00 bits per heavy atom. The van der Waals surface area contributed by atoms with Crippen LogP contribution in [0.4, 0.5) is 8.78 Å². The molecule has 0 aromatic heterocycles. The van der Waals surface area contributed by atoms with Crippen LogP contribution < -0.4 is 4.74 Å². The molecular weight excluding hydrogens is 437 g/mol. The summed E-state index contributed by atoms with van der Waals surface area (Å²) in [6, 6.07) is 2.09. The van der Waals surface area contributed by atoms with E-state index in [2.05, 4.69) is 26.7 Å². The predicted molar refractivity (Wildman–Crippen MR) is 75.6 cm³/mol. The molecule has 117 valence electrons. The molecule has 4 nitrogen and oxygen atoms in total. The Morgan fingerprint density at radius 1 is 1.41 bits per heavy atom. The third-order valence-electron chi connectivity index (χ3n) is 2.98. The van der Waals surface area contributed by atoms with E-state index in [-0.39, 0.29) is 68.8 Å². The van der Waals surface area contributed by atoms with Gasteiger partial charge in [-0.15, -0.1) is 5.70 Å². The average Bonchev–Trinajstić information content (AvgIpc) is 2.44. The minimum absolute atomic E-state index is 0. The molecule has 1 heterocycles. The van der Waals surface area contributed by atoms with Gasteiger partial charge in [0.05, 0.1) is 16.5 Å². The van der Waals surface area contributed by atoms with Crippen LogP contribution >= 0.6 is 15.9 Å². The standard InChI is InChI=1S/C14H13BrF2NO3.Y/c1-18-12(4-3-9(15)14(18)19)13-10(16)5-8(6-11(13)17)21-7-20-2;/h5-6,9H,3,7H2,1-2H3;/q-1;. The first-order valence-electron chi connectivity index (χ1n) is 6.09. The zero-order valence-corrected chi connectivity index (χ0v) is 16.5. The van der Waals surface area contributed by atoms with Crippen LogP contribution in [-0.2, 0) is 42.2 Å². The van der Waals surface area contributed by atoms with E-state index in [1.165, 1.54) is 19.1 Å². The fraction of sp³-hybridized carbons (Fsp3) is 0.357. The zero-order chi connectivity index (χ0) is 15.6.